The average molecular weight is 382 g/mol. The zero-order valence-corrected chi connectivity index (χ0v) is 15.5. The molecule has 0 saturated carbocycles. The van der Waals surface area contributed by atoms with Crippen molar-refractivity contribution in [1.82, 2.24) is 0 Å². The van der Waals surface area contributed by atoms with Gasteiger partial charge in [0.25, 0.3) is 0 Å². The smallest absolute Gasteiger partial charge is 0.363 e. The Kier molecular flexibility index (Phi) is 4.09. The fourth-order valence-electron chi connectivity index (χ4n) is 3.40. The molecule has 0 radical (unpaired) electrons. The molecule has 3 aliphatic rings. The van der Waals surface area contributed by atoms with Gasteiger partial charge in [-0.05, 0) is 55.7 Å². The van der Waals surface area contributed by atoms with Crippen LogP contribution in [-0.2, 0) is 9.53 Å². The van der Waals surface area contributed by atoms with Gasteiger partial charge in [0, 0.05) is 23.5 Å². The van der Waals surface area contributed by atoms with Crippen LogP contribution < -0.4 is 14.4 Å². The quantitative estimate of drug-likeness (QED) is 0.597. The molecule has 0 unspecified atom stereocenters. The summed E-state index contributed by atoms with van der Waals surface area (Å²) in [5.74, 6) is 1.17. The molecule has 0 aliphatic carbocycles. The van der Waals surface area contributed by atoms with Crippen molar-refractivity contribution in [3.05, 3.63) is 46.5 Å². The van der Waals surface area contributed by atoms with Crippen molar-refractivity contribution in [2.75, 3.05) is 24.8 Å². The van der Waals surface area contributed by atoms with Crippen LogP contribution in [-0.4, -0.2) is 31.7 Å². The highest BCUT2D eigenvalue weighted by Crippen LogP contribution is 2.34. The van der Waals surface area contributed by atoms with Gasteiger partial charge in [0.1, 0.15) is 0 Å². The SMILES string of the molecule is O=C1OC(c2ccc3c(c2)OCO3)=N/C1=C\c1ccc(N2CCCCC2)s1. The normalized spacial score (nSPS) is 20.1. The molecule has 1 fully saturated rings. The third-order valence-electron chi connectivity index (χ3n) is 4.80. The number of hydrogen-bond donors (Lipinski definition) is 0. The van der Waals surface area contributed by atoms with E-state index in [-0.39, 0.29) is 12.7 Å². The maximum atomic E-state index is 12.2. The van der Waals surface area contributed by atoms with Gasteiger partial charge in [0.15, 0.2) is 17.2 Å². The number of piperidine rings is 1. The van der Waals surface area contributed by atoms with Gasteiger partial charge in [-0.25, -0.2) is 9.79 Å². The molecular weight excluding hydrogens is 364 g/mol. The molecule has 3 aliphatic heterocycles. The number of esters is 1. The lowest BCUT2D eigenvalue weighted by molar-refractivity contribution is -0.129. The Hall–Kier alpha value is -2.80. The number of anilines is 1. The van der Waals surface area contributed by atoms with Gasteiger partial charge in [-0.1, -0.05) is 0 Å². The van der Waals surface area contributed by atoms with Crippen LogP contribution in [0.25, 0.3) is 6.08 Å². The highest BCUT2D eigenvalue weighted by atomic mass is 32.1. The van der Waals surface area contributed by atoms with Crippen LogP contribution in [0.4, 0.5) is 5.00 Å². The second-order valence-corrected chi connectivity index (χ2v) is 7.72. The zero-order chi connectivity index (χ0) is 18.2. The molecule has 0 spiro atoms. The Bertz CT molecular complexity index is 957. The molecular formula is C20H18N2O4S. The molecule has 2 aromatic rings. The number of fused-ring (bicyclic) bond motifs is 1. The number of carbonyl (C=O) groups excluding carboxylic acids is 1. The number of carbonyl (C=O) groups is 1. The number of rotatable bonds is 3. The topological polar surface area (TPSA) is 60.4 Å². The summed E-state index contributed by atoms with van der Waals surface area (Å²) in [7, 11) is 0. The molecule has 6 nitrogen and oxygen atoms in total. The summed E-state index contributed by atoms with van der Waals surface area (Å²) in [6.45, 7) is 2.41. The molecule has 27 heavy (non-hydrogen) atoms. The van der Waals surface area contributed by atoms with Crippen molar-refractivity contribution in [2.45, 2.75) is 19.3 Å². The first-order valence-electron chi connectivity index (χ1n) is 9.04. The molecule has 0 N–H and O–H groups in total. The van der Waals surface area contributed by atoms with E-state index in [2.05, 4.69) is 16.0 Å². The van der Waals surface area contributed by atoms with Gasteiger partial charge < -0.3 is 19.1 Å². The minimum absolute atomic E-state index is 0.202. The van der Waals surface area contributed by atoms with Crippen LogP contribution in [0.2, 0.25) is 0 Å². The fourth-order valence-corrected chi connectivity index (χ4v) is 4.40. The lowest BCUT2D eigenvalue weighted by atomic mass is 10.1. The third kappa shape index (κ3) is 3.19. The Morgan fingerprint density at radius 3 is 2.78 bits per heavy atom. The minimum Gasteiger partial charge on any atom is -0.454 e. The van der Waals surface area contributed by atoms with Crippen LogP contribution >= 0.6 is 11.3 Å². The van der Waals surface area contributed by atoms with Crippen molar-refractivity contribution in [1.29, 1.82) is 0 Å². The van der Waals surface area contributed by atoms with Gasteiger partial charge in [0.05, 0.1) is 5.00 Å². The maximum Gasteiger partial charge on any atom is 0.363 e. The Labute approximate surface area is 160 Å². The van der Waals surface area contributed by atoms with Gasteiger partial charge >= 0.3 is 5.97 Å². The van der Waals surface area contributed by atoms with Crippen LogP contribution in [0.15, 0.2) is 41.0 Å². The largest absolute Gasteiger partial charge is 0.454 e. The molecule has 4 heterocycles. The lowest BCUT2D eigenvalue weighted by Gasteiger charge is -2.27. The van der Waals surface area contributed by atoms with Crippen LogP contribution in [0, 0.1) is 0 Å². The van der Waals surface area contributed by atoms with E-state index in [4.69, 9.17) is 14.2 Å². The number of cyclic esters (lactones) is 1. The molecule has 1 aromatic carbocycles. The second kappa shape index (κ2) is 6.74. The number of ether oxygens (including phenoxy) is 3. The summed E-state index contributed by atoms with van der Waals surface area (Å²) in [5, 5.41) is 1.24. The summed E-state index contributed by atoms with van der Waals surface area (Å²) in [6.07, 6.45) is 5.58. The summed E-state index contributed by atoms with van der Waals surface area (Å²) in [6, 6.07) is 9.52. The summed E-state index contributed by atoms with van der Waals surface area (Å²) >= 11 is 1.68. The van der Waals surface area contributed by atoms with Crippen LogP contribution in [0.5, 0.6) is 11.5 Å². The Morgan fingerprint density at radius 1 is 1.04 bits per heavy atom. The first-order valence-corrected chi connectivity index (χ1v) is 9.85. The first-order chi connectivity index (χ1) is 13.3. The Morgan fingerprint density at radius 2 is 1.89 bits per heavy atom. The monoisotopic (exact) mass is 382 g/mol. The van der Waals surface area contributed by atoms with E-state index in [0.29, 0.717) is 22.8 Å². The molecule has 1 saturated heterocycles. The second-order valence-electron chi connectivity index (χ2n) is 6.63. The summed E-state index contributed by atoms with van der Waals surface area (Å²) in [4.78, 5) is 20.0. The fraction of sp³-hybridized carbons (Fsp3) is 0.300. The average Bonchev–Trinajstić information content (AvgIpc) is 3.43. The summed E-state index contributed by atoms with van der Waals surface area (Å²) < 4.78 is 16.0. The predicted octanol–water partition coefficient (Wildman–Crippen LogP) is 3.81. The molecule has 7 heteroatoms. The zero-order valence-electron chi connectivity index (χ0n) is 14.6. The molecule has 1 aromatic heterocycles. The number of thiophene rings is 1. The van der Waals surface area contributed by atoms with Crippen LogP contribution in [0.1, 0.15) is 29.7 Å². The molecule has 0 bridgehead atoms. The number of nitrogens with zero attached hydrogens (tertiary/aromatic N) is 2. The standard InChI is InChI=1S/C20H18N2O4S/c23-20-15(11-14-5-7-18(27-14)22-8-2-1-3-9-22)21-19(26-20)13-4-6-16-17(10-13)25-12-24-16/h4-7,10-11H,1-3,8-9,12H2/b15-11-. The van der Waals surface area contributed by atoms with Gasteiger partial charge in [0.2, 0.25) is 12.7 Å². The molecule has 0 atom stereocenters. The highest BCUT2D eigenvalue weighted by Gasteiger charge is 2.26. The third-order valence-corrected chi connectivity index (χ3v) is 5.89. The van der Waals surface area contributed by atoms with E-state index in [1.54, 1.807) is 29.5 Å². The van der Waals surface area contributed by atoms with Crippen molar-refractivity contribution in [3.63, 3.8) is 0 Å². The van der Waals surface area contributed by atoms with Gasteiger partial charge in [-0.15, -0.1) is 11.3 Å². The van der Waals surface area contributed by atoms with Crippen molar-refractivity contribution in [3.8, 4) is 11.5 Å². The van der Waals surface area contributed by atoms with Gasteiger partial charge in [-0.2, -0.15) is 0 Å². The van der Waals surface area contributed by atoms with E-state index >= 15 is 0 Å². The lowest BCUT2D eigenvalue weighted by Crippen LogP contribution is -2.28. The van der Waals surface area contributed by atoms with Gasteiger partial charge in [-0.3, -0.25) is 0 Å². The number of aliphatic imine (C=N–C) groups is 1. The van der Waals surface area contributed by atoms with Crippen molar-refractivity contribution < 1.29 is 19.0 Å². The number of benzene rings is 1. The predicted molar refractivity (Wildman–Crippen MR) is 104 cm³/mol. The van der Waals surface area contributed by atoms with E-state index in [1.165, 1.54) is 24.3 Å². The number of hydrogen-bond acceptors (Lipinski definition) is 7. The van der Waals surface area contributed by atoms with Crippen molar-refractivity contribution in [2.24, 2.45) is 4.99 Å². The van der Waals surface area contributed by atoms with E-state index < -0.39 is 5.97 Å². The van der Waals surface area contributed by atoms with Crippen molar-refractivity contribution >= 4 is 34.3 Å². The highest BCUT2D eigenvalue weighted by molar-refractivity contribution is 7.16. The molecule has 5 rings (SSSR count). The molecule has 0 amide bonds. The van der Waals surface area contributed by atoms with Crippen LogP contribution in [0.3, 0.4) is 0 Å². The summed E-state index contributed by atoms with van der Waals surface area (Å²) in [5.41, 5.74) is 1.01. The maximum absolute atomic E-state index is 12.2. The van der Waals surface area contributed by atoms with E-state index in [1.807, 2.05) is 12.1 Å². The molecule has 138 valence electrons. The first kappa shape index (κ1) is 16.4. The van der Waals surface area contributed by atoms with E-state index in [0.717, 1.165) is 18.0 Å². The minimum atomic E-state index is -0.435. The van der Waals surface area contributed by atoms with E-state index in [9.17, 15) is 4.79 Å². The Balaban J connectivity index is 1.38.